The van der Waals surface area contributed by atoms with E-state index in [0.29, 0.717) is 6.61 Å². The molecule has 88 valence electrons. The van der Waals surface area contributed by atoms with Gasteiger partial charge in [-0.2, -0.15) is 0 Å². The highest BCUT2D eigenvalue weighted by atomic mass is 19.1. The van der Waals surface area contributed by atoms with Crippen molar-refractivity contribution in [3.63, 3.8) is 0 Å². The van der Waals surface area contributed by atoms with Crippen LogP contribution in [0, 0.1) is 5.82 Å². The van der Waals surface area contributed by atoms with Gasteiger partial charge in [0.2, 0.25) is 0 Å². The smallest absolute Gasteiger partial charge is 0.274 e. The van der Waals surface area contributed by atoms with E-state index in [1.807, 2.05) is 0 Å². The third-order valence-corrected chi connectivity index (χ3v) is 1.82. The number of halogens is 1. The van der Waals surface area contributed by atoms with Crippen LogP contribution in [0.3, 0.4) is 0 Å². The minimum absolute atomic E-state index is 0.00292. The minimum Gasteiger partial charge on any atom is -0.396 e. The fourth-order valence-corrected chi connectivity index (χ4v) is 0.969. The summed E-state index contributed by atoms with van der Waals surface area (Å²) in [6.45, 7) is 0.579. The number of amides is 1. The molecule has 1 amide bonds. The van der Waals surface area contributed by atoms with Gasteiger partial charge >= 0.3 is 0 Å². The van der Waals surface area contributed by atoms with Gasteiger partial charge in [0, 0.05) is 12.7 Å². The average molecular weight is 228 g/mol. The largest absolute Gasteiger partial charge is 0.396 e. The molecule has 0 fully saturated rings. The van der Waals surface area contributed by atoms with Gasteiger partial charge < -0.3 is 10.5 Å². The number of carbonyl (C=O) groups excluding carboxylic acids is 1. The number of anilines is 1. The van der Waals surface area contributed by atoms with Crippen LogP contribution in [0.15, 0.2) is 18.2 Å². The second-order valence-electron chi connectivity index (χ2n) is 3.01. The predicted molar refractivity (Wildman–Crippen MR) is 56.1 cm³/mol. The minimum atomic E-state index is -0.635. The summed E-state index contributed by atoms with van der Waals surface area (Å²) in [4.78, 5) is 16.2. The van der Waals surface area contributed by atoms with Gasteiger partial charge in [-0.1, -0.05) is 0 Å². The zero-order valence-corrected chi connectivity index (χ0v) is 8.83. The zero-order chi connectivity index (χ0) is 12.0. The number of benzene rings is 1. The van der Waals surface area contributed by atoms with E-state index in [9.17, 15) is 9.18 Å². The van der Waals surface area contributed by atoms with Crippen molar-refractivity contribution in [1.29, 1.82) is 0 Å². The molecule has 6 heteroatoms. The van der Waals surface area contributed by atoms with E-state index < -0.39 is 11.7 Å². The van der Waals surface area contributed by atoms with Crippen LogP contribution in [-0.2, 0) is 9.57 Å². The molecule has 1 aromatic rings. The number of hydrogen-bond donors (Lipinski definition) is 2. The number of nitrogen functional groups attached to an aromatic ring is 1. The number of methoxy groups -OCH3 is 1. The monoisotopic (exact) mass is 228 g/mol. The van der Waals surface area contributed by atoms with Crippen molar-refractivity contribution in [3.8, 4) is 0 Å². The van der Waals surface area contributed by atoms with Gasteiger partial charge in [0.1, 0.15) is 5.82 Å². The van der Waals surface area contributed by atoms with E-state index in [2.05, 4.69) is 5.48 Å². The number of hydrogen-bond acceptors (Lipinski definition) is 4. The first-order valence-electron chi connectivity index (χ1n) is 4.61. The predicted octanol–water partition coefficient (Wildman–Crippen LogP) is 0.716. The molecule has 5 nitrogen and oxygen atoms in total. The Bertz CT molecular complexity index is 371. The van der Waals surface area contributed by atoms with E-state index in [4.69, 9.17) is 15.3 Å². The highest BCUT2D eigenvalue weighted by Gasteiger charge is 2.07. The Kier molecular flexibility index (Phi) is 4.68. The number of rotatable bonds is 5. The van der Waals surface area contributed by atoms with Gasteiger partial charge in [-0.3, -0.25) is 9.63 Å². The van der Waals surface area contributed by atoms with Gasteiger partial charge in [0.15, 0.2) is 0 Å². The molecule has 0 aliphatic carbocycles. The lowest BCUT2D eigenvalue weighted by molar-refractivity contribution is 0.00887. The maximum absolute atomic E-state index is 13.0. The van der Waals surface area contributed by atoms with Crippen LogP contribution in [-0.4, -0.2) is 26.2 Å². The van der Waals surface area contributed by atoms with E-state index in [0.717, 1.165) is 6.07 Å². The third-order valence-electron chi connectivity index (χ3n) is 1.82. The molecular weight excluding hydrogens is 215 g/mol. The summed E-state index contributed by atoms with van der Waals surface area (Å²) in [5.41, 5.74) is 7.57. The highest BCUT2D eigenvalue weighted by molar-refractivity contribution is 5.93. The van der Waals surface area contributed by atoms with Gasteiger partial charge in [-0.25, -0.2) is 9.87 Å². The van der Waals surface area contributed by atoms with Crippen molar-refractivity contribution in [2.75, 3.05) is 26.1 Å². The summed E-state index contributed by atoms with van der Waals surface area (Å²) >= 11 is 0. The molecular formula is C10H13FN2O3. The van der Waals surface area contributed by atoms with E-state index >= 15 is 0 Å². The van der Waals surface area contributed by atoms with Crippen LogP contribution in [0.25, 0.3) is 0 Å². The highest BCUT2D eigenvalue weighted by Crippen LogP contribution is 2.11. The summed E-state index contributed by atoms with van der Waals surface area (Å²) in [7, 11) is 1.51. The van der Waals surface area contributed by atoms with Gasteiger partial charge in [0.05, 0.1) is 18.9 Å². The molecule has 0 unspecified atom stereocenters. The summed E-state index contributed by atoms with van der Waals surface area (Å²) in [6.07, 6.45) is 0. The second kappa shape index (κ2) is 6.04. The Balaban J connectivity index is 2.50. The van der Waals surface area contributed by atoms with E-state index in [-0.39, 0.29) is 17.9 Å². The molecule has 0 spiro atoms. The quantitative estimate of drug-likeness (QED) is 0.442. The Labute approximate surface area is 92.3 Å². The molecule has 3 N–H and O–H groups in total. The third kappa shape index (κ3) is 3.48. The van der Waals surface area contributed by atoms with Crippen molar-refractivity contribution in [2.24, 2.45) is 0 Å². The molecule has 0 aromatic heterocycles. The molecule has 0 atom stereocenters. The lowest BCUT2D eigenvalue weighted by Crippen LogP contribution is -2.25. The Morgan fingerprint density at radius 1 is 1.50 bits per heavy atom. The summed E-state index contributed by atoms with van der Waals surface area (Å²) in [6, 6.07) is 3.77. The fourth-order valence-electron chi connectivity index (χ4n) is 0.969. The van der Waals surface area contributed by atoms with Crippen LogP contribution in [0.4, 0.5) is 10.1 Å². The Morgan fingerprint density at radius 3 is 2.88 bits per heavy atom. The van der Waals surface area contributed by atoms with Crippen LogP contribution in [0.5, 0.6) is 0 Å². The molecule has 0 aliphatic heterocycles. The molecule has 0 radical (unpaired) electrons. The summed E-state index contributed by atoms with van der Waals surface area (Å²) in [5.74, 6) is -1.17. The van der Waals surface area contributed by atoms with Crippen LogP contribution in [0.2, 0.25) is 0 Å². The first-order chi connectivity index (χ1) is 7.65. The number of hydroxylamine groups is 1. The zero-order valence-electron chi connectivity index (χ0n) is 8.83. The molecule has 16 heavy (non-hydrogen) atoms. The Hall–Kier alpha value is -1.66. The first-order valence-corrected chi connectivity index (χ1v) is 4.61. The van der Waals surface area contributed by atoms with Gasteiger partial charge in [-0.05, 0) is 18.2 Å². The number of ether oxygens (including phenoxy) is 1. The molecule has 0 aliphatic rings. The first kappa shape index (κ1) is 12.4. The molecule has 1 aromatic carbocycles. The fraction of sp³-hybridized carbons (Fsp3) is 0.300. The van der Waals surface area contributed by atoms with Gasteiger partial charge in [0.25, 0.3) is 5.91 Å². The standard InChI is InChI=1S/C10H13FN2O3/c1-15-4-5-16-13-10(14)7-2-3-9(12)8(11)6-7/h2-3,6H,4-5,12H2,1H3,(H,13,14). The molecule has 0 heterocycles. The average Bonchev–Trinajstić information content (AvgIpc) is 2.28. The number of carbonyl (C=O) groups is 1. The topological polar surface area (TPSA) is 73.6 Å². The number of nitrogens with one attached hydrogen (secondary N) is 1. The normalized spacial score (nSPS) is 10.1. The van der Waals surface area contributed by atoms with Crippen molar-refractivity contribution >= 4 is 11.6 Å². The van der Waals surface area contributed by atoms with Crippen LogP contribution < -0.4 is 11.2 Å². The van der Waals surface area contributed by atoms with Crippen molar-refractivity contribution in [2.45, 2.75) is 0 Å². The number of nitrogens with two attached hydrogens (primary N) is 1. The summed E-state index contributed by atoms with van der Waals surface area (Å²) < 4.78 is 17.7. The molecule has 0 bridgehead atoms. The lowest BCUT2D eigenvalue weighted by Gasteiger charge is -2.05. The van der Waals surface area contributed by atoms with E-state index in [1.54, 1.807) is 0 Å². The van der Waals surface area contributed by atoms with Gasteiger partial charge in [-0.15, -0.1) is 0 Å². The Morgan fingerprint density at radius 2 is 2.25 bits per heavy atom. The second-order valence-corrected chi connectivity index (χ2v) is 3.01. The lowest BCUT2D eigenvalue weighted by atomic mass is 10.2. The van der Waals surface area contributed by atoms with Crippen molar-refractivity contribution < 1.29 is 18.8 Å². The summed E-state index contributed by atoms with van der Waals surface area (Å²) in [5, 5.41) is 0. The van der Waals surface area contributed by atoms with Crippen molar-refractivity contribution in [3.05, 3.63) is 29.6 Å². The maximum atomic E-state index is 13.0. The van der Waals surface area contributed by atoms with Crippen LogP contribution in [0.1, 0.15) is 10.4 Å². The van der Waals surface area contributed by atoms with Crippen molar-refractivity contribution in [1.82, 2.24) is 5.48 Å². The van der Waals surface area contributed by atoms with E-state index in [1.165, 1.54) is 19.2 Å². The van der Waals surface area contributed by atoms with Crippen LogP contribution >= 0.6 is 0 Å². The molecule has 0 saturated carbocycles. The molecule has 1 rings (SSSR count). The SMILES string of the molecule is COCCONC(=O)c1ccc(N)c(F)c1. The molecule has 0 saturated heterocycles. The maximum Gasteiger partial charge on any atom is 0.274 e.